The van der Waals surface area contributed by atoms with Crippen molar-refractivity contribution >= 4 is 23.2 Å². The van der Waals surface area contributed by atoms with Gasteiger partial charge in [-0.15, -0.1) is 0 Å². The molecule has 0 unspecified atom stereocenters. The summed E-state index contributed by atoms with van der Waals surface area (Å²) in [4.78, 5) is 36.2. The van der Waals surface area contributed by atoms with Crippen molar-refractivity contribution < 1.29 is 19.2 Å². The molecule has 1 saturated heterocycles. The Kier molecular flexibility index (Phi) is 4.83. The summed E-state index contributed by atoms with van der Waals surface area (Å²) < 4.78 is 5.11. The maximum absolute atomic E-state index is 12.4. The molecule has 0 radical (unpaired) electrons. The van der Waals surface area contributed by atoms with Crippen molar-refractivity contribution in [3.8, 4) is 5.75 Å². The van der Waals surface area contributed by atoms with Crippen molar-refractivity contribution in [2.75, 3.05) is 19.0 Å². The standard InChI is InChI=1S/C15H19N3O5/c1-9(2)17-8-10(6-14(17)19)15(20)16-12-7-11(18(21)22)4-5-13(12)23-3/h4-5,7,9-10H,6,8H2,1-3H3,(H,16,20)/t10-/m1/s1. The fraction of sp³-hybridized carbons (Fsp3) is 0.467. The Balaban J connectivity index is 2.16. The van der Waals surface area contributed by atoms with Crippen LogP contribution in [-0.2, 0) is 9.59 Å². The van der Waals surface area contributed by atoms with Crippen LogP contribution in [0, 0.1) is 16.0 Å². The van der Waals surface area contributed by atoms with Gasteiger partial charge >= 0.3 is 0 Å². The van der Waals surface area contributed by atoms with Crippen molar-refractivity contribution in [3.63, 3.8) is 0 Å². The molecule has 1 heterocycles. The third-order valence-electron chi connectivity index (χ3n) is 3.80. The number of nitrogens with zero attached hydrogens (tertiary/aromatic N) is 2. The Morgan fingerprint density at radius 1 is 1.48 bits per heavy atom. The molecule has 2 amide bonds. The van der Waals surface area contributed by atoms with Crippen LogP contribution >= 0.6 is 0 Å². The van der Waals surface area contributed by atoms with Gasteiger partial charge in [-0.2, -0.15) is 0 Å². The Labute approximate surface area is 133 Å². The van der Waals surface area contributed by atoms with E-state index in [1.807, 2.05) is 13.8 Å². The normalized spacial score (nSPS) is 17.5. The molecule has 1 aromatic carbocycles. The van der Waals surface area contributed by atoms with Crippen molar-refractivity contribution in [1.82, 2.24) is 4.90 Å². The first-order valence-corrected chi connectivity index (χ1v) is 7.26. The minimum absolute atomic E-state index is 0.0349. The van der Waals surface area contributed by atoms with Crippen LogP contribution in [-0.4, -0.2) is 41.3 Å². The molecule has 0 aliphatic carbocycles. The number of hydrogen-bond acceptors (Lipinski definition) is 5. The first-order valence-electron chi connectivity index (χ1n) is 7.26. The van der Waals surface area contributed by atoms with Gasteiger partial charge < -0.3 is 15.0 Å². The molecule has 0 bridgehead atoms. The smallest absolute Gasteiger partial charge is 0.271 e. The van der Waals surface area contributed by atoms with Crippen LogP contribution in [0.5, 0.6) is 5.75 Å². The molecular formula is C15H19N3O5. The van der Waals surface area contributed by atoms with E-state index in [0.717, 1.165) is 0 Å². The first-order chi connectivity index (χ1) is 10.8. The zero-order valence-corrected chi connectivity index (χ0v) is 13.2. The highest BCUT2D eigenvalue weighted by molar-refractivity contribution is 5.98. The predicted molar refractivity (Wildman–Crippen MR) is 83.2 cm³/mol. The van der Waals surface area contributed by atoms with Crippen LogP contribution in [0.3, 0.4) is 0 Å². The Morgan fingerprint density at radius 2 is 2.17 bits per heavy atom. The highest BCUT2D eigenvalue weighted by atomic mass is 16.6. The average molecular weight is 321 g/mol. The topological polar surface area (TPSA) is 102 Å². The van der Waals surface area contributed by atoms with E-state index < -0.39 is 10.8 Å². The maximum atomic E-state index is 12.4. The van der Waals surface area contributed by atoms with E-state index in [1.54, 1.807) is 4.90 Å². The van der Waals surface area contributed by atoms with Crippen LogP contribution in [0.1, 0.15) is 20.3 Å². The van der Waals surface area contributed by atoms with E-state index >= 15 is 0 Å². The van der Waals surface area contributed by atoms with Gasteiger partial charge in [-0.1, -0.05) is 0 Å². The van der Waals surface area contributed by atoms with E-state index in [9.17, 15) is 19.7 Å². The largest absolute Gasteiger partial charge is 0.495 e. The molecule has 1 aromatic rings. The number of methoxy groups -OCH3 is 1. The highest BCUT2D eigenvalue weighted by Gasteiger charge is 2.35. The summed E-state index contributed by atoms with van der Waals surface area (Å²) in [5, 5.41) is 13.5. The summed E-state index contributed by atoms with van der Waals surface area (Å²) in [7, 11) is 1.41. The van der Waals surface area contributed by atoms with Crippen LogP contribution in [0.4, 0.5) is 11.4 Å². The molecule has 1 fully saturated rings. The molecule has 1 N–H and O–H groups in total. The van der Waals surface area contributed by atoms with Crippen LogP contribution in [0.25, 0.3) is 0 Å². The molecule has 2 rings (SSSR count). The number of nitro groups is 1. The molecule has 0 aromatic heterocycles. The van der Waals surface area contributed by atoms with Gasteiger partial charge in [-0.25, -0.2) is 0 Å². The second kappa shape index (κ2) is 6.64. The molecular weight excluding hydrogens is 302 g/mol. The number of nitrogens with one attached hydrogen (secondary N) is 1. The van der Waals surface area contributed by atoms with E-state index in [0.29, 0.717) is 12.3 Å². The van der Waals surface area contributed by atoms with Gasteiger partial charge in [-0.05, 0) is 19.9 Å². The molecule has 1 aliphatic heterocycles. The molecule has 1 aliphatic rings. The van der Waals surface area contributed by atoms with Gasteiger partial charge in [0.15, 0.2) is 0 Å². The van der Waals surface area contributed by atoms with Crippen molar-refractivity contribution in [1.29, 1.82) is 0 Å². The molecule has 124 valence electrons. The minimum Gasteiger partial charge on any atom is -0.495 e. The lowest BCUT2D eigenvalue weighted by Gasteiger charge is -2.20. The second-order valence-corrected chi connectivity index (χ2v) is 5.67. The minimum atomic E-state index is -0.547. The summed E-state index contributed by atoms with van der Waals surface area (Å²) in [5.74, 6) is -0.561. The molecule has 0 saturated carbocycles. The van der Waals surface area contributed by atoms with Crippen LogP contribution in [0.2, 0.25) is 0 Å². The first kappa shape index (κ1) is 16.7. The Morgan fingerprint density at radius 3 is 2.70 bits per heavy atom. The fourth-order valence-electron chi connectivity index (χ4n) is 2.55. The van der Waals surface area contributed by atoms with Gasteiger partial charge in [0.1, 0.15) is 5.75 Å². The number of carbonyl (C=O) groups is 2. The summed E-state index contributed by atoms with van der Waals surface area (Å²) >= 11 is 0. The molecule has 0 spiro atoms. The fourth-order valence-corrected chi connectivity index (χ4v) is 2.55. The van der Waals surface area contributed by atoms with Gasteiger partial charge in [0, 0.05) is 31.1 Å². The summed E-state index contributed by atoms with van der Waals surface area (Å²) in [6, 6.07) is 4.00. The van der Waals surface area contributed by atoms with Gasteiger partial charge in [0.25, 0.3) is 5.69 Å². The number of amides is 2. The highest BCUT2D eigenvalue weighted by Crippen LogP contribution is 2.30. The second-order valence-electron chi connectivity index (χ2n) is 5.67. The number of non-ortho nitro benzene ring substituents is 1. The summed E-state index contributed by atoms with van der Waals surface area (Å²) in [5.41, 5.74) is 0.0783. The maximum Gasteiger partial charge on any atom is 0.271 e. The number of benzene rings is 1. The van der Waals surface area contributed by atoms with Crippen LogP contribution in [0.15, 0.2) is 18.2 Å². The number of ether oxygens (including phenoxy) is 1. The SMILES string of the molecule is COc1ccc([N+](=O)[O-])cc1NC(=O)[C@@H]1CC(=O)N(C(C)C)C1. The van der Waals surface area contributed by atoms with E-state index in [-0.39, 0.29) is 35.7 Å². The number of hydrogen-bond donors (Lipinski definition) is 1. The number of rotatable bonds is 5. The van der Waals surface area contributed by atoms with Crippen LogP contribution < -0.4 is 10.1 Å². The molecule has 1 atom stereocenters. The number of carbonyl (C=O) groups excluding carboxylic acids is 2. The Hall–Kier alpha value is -2.64. The van der Waals surface area contributed by atoms with E-state index in [1.165, 1.54) is 25.3 Å². The lowest BCUT2D eigenvalue weighted by molar-refractivity contribution is -0.384. The number of anilines is 1. The molecule has 23 heavy (non-hydrogen) atoms. The zero-order chi connectivity index (χ0) is 17.1. The van der Waals surface area contributed by atoms with E-state index in [4.69, 9.17) is 4.74 Å². The lowest BCUT2D eigenvalue weighted by Crippen LogP contribution is -2.33. The van der Waals surface area contributed by atoms with Crippen molar-refractivity contribution in [2.24, 2.45) is 5.92 Å². The predicted octanol–water partition coefficient (Wildman–Crippen LogP) is 1.80. The monoisotopic (exact) mass is 321 g/mol. The molecule has 8 heteroatoms. The third kappa shape index (κ3) is 3.58. The number of likely N-dealkylation sites (tertiary alicyclic amines) is 1. The number of nitro benzene ring substituents is 1. The quantitative estimate of drug-likeness (QED) is 0.658. The lowest BCUT2D eigenvalue weighted by atomic mass is 10.1. The molecule has 8 nitrogen and oxygen atoms in total. The van der Waals surface area contributed by atoms with Crippen molar-refractivity contribution in [3.05, 3.63) is 28.3 Å². The zero-order valence-electron chi connectivity index (χ0n) is 13.2. The van der Waals surface area contributed by atoms with Gasteiger partial charge in [0.05, 0.1) is 23.6 Å². The average Bonchev–Trinajstić information content (AvgIpc) is 2.89. The van der Waals surface area contributed by atoms with Crippen molar-refractivity contribution in [2.45, 2.75) is 26.3 Å². The third-order valence-corrected chi connectivity index (χ3v) is 3.80. The Bertz CT molecular complexity index is 644. The summed E-state index contributed by atoms with van der Waals surface area (Å²) in [6.07, 6.45) is 0.140. The van der Waals surface area contributed by atoms with E-state index in [2.05, 4.69) is 5.32 Å². The summed E-state index contributed by atoms with van der Waals surface area (Å²) in [6.45, 7) is 4.13. The van der Waals surface area contributed by atoms with Gasteiger partial charge in [-0.3, -0.25) is 19.7 Å². The van der Waals surface area contributed by atoms with Gasteiger partial charge in [0.2, 0.25) is 11.8 Å².